The summed E-state index contributed by atoms with van der Waals surface area (Å²) in [6.07, 6.45) is 1.74. The molecule has 2 N–H and O–H groups in total. The molecule has 0 unspecified atom stereocenters. The molecule has 1 amide bonds. The normalized spacial score (nSPS) is 29.8. The highest BCUT2D eigenvalue weighted by atomic mass is 32.2. The highest BCUT2D eigenvalue weighted by Crippen LogP contribution is 2.28. The number of amides is 1. The molecule has 1 aliphatic carbocycles. The minimum absolute atomic E-state index is 0.0918. The van der Waals surface area contributed by atoms with Crippen LogP contribution in [0.5, 0.6) is 0 Å². The van der Waals surface area contributed by atoms with Gasteiger partial charge in [-0.25, -0.2) is 0 Å². The molecule has 1 heterocycles. The van der Waals surface area contributed by atoms with Crippen molar-refractivity contribution in [1.29, 1.82) is 0 Å². The average molecular weight is 318 g/mol. The van der Waals surface area contributed by atoms with Gasteiger partial charge in [0.15, 0.2) is 0 Å². The van der Waals surface area contributed by atoms with Gasteiger partial charge >= 0.3 is 5.97 Å². The Morgan fingerprint density at radius 3 is 2.65 bits per heavy atom. The molecule has 2 aliphatic rings. The van der Waals surface area contributed by atoms with E-state index in [1.807, 2.05) is 23.6 Å². The third-order valence-electron chi connectivity index (χ3n) is 3.83. The summed E-state index contributed by atoms with van der Waals surface area (Å²) in [5, 5.41) is 12.0. The molecule has 0 bridgehead atoms. The monoisotopic (exact) mass is 318 g/mol. The molecular weight excluding hydrogens is 296 g/mol. The van der Waals surface area contributed by atoms with Crippen LogP contribution >= 0.6 is 23.5 Å². The molecule has 2 fully saturated rings. The van der Waals surface area contributed by atoms with Crippen molar-refractivity contribution in [3.8, 4) is 0 Å². The van der Waals surface area contributed by atoms with Crippen molar-refractivity contribution in [2.75, 3.05) is 30.3 Å². The van der Waals surface area contributed by atoms with Gasteiger partial charge in [-0.1, -0.05) is 6.92 Å². The summed E-state index contributed by atoms with van der Waals surface area (Å²) < 4.78 is 0. The van der Waals surface area contributed by atoms with E-state index < -0.39 is 5.97 Å². The summed E-state index contributed by atoms with van der Waals surface area (Å²) in [5.74, 6) is 2.48. The zero-order chi connectivity index (χ0) is 14.5. The van der Waals surface area contributed by atoms with Crippen molar-refractivity contribution in [3.63, 3.8) is 0 Å². The van der Waals surface area contributed by atoms with E-state index in [1.54, 1.807) is 11.8 Å². The van der Waals surface area contributed by atoms with Crippen LogP contribution < -0.4 is 5.32 Å². The molecule has 7 heteroatoms. The zero-order valence-corrected chi connectivity index (χ0v) is 13.3. The van der Waals surface area contributed by atoms with Crippen LogP contribution in [0.25, 0.3) is 0 Å². The Kier molecular flexibility index (Phi) is 6.04. The smallest absolute Gasteiger partial charge is 0.317 e. The van der Waals surface area contributed by atoms with Crippen LogP contribution in [0.4, 0.5) is 0 Å². The molecule has 1 aliphatic heterocycles. The van der Waals surface area contributed by atoms with Gasteiger partial charge < -0.3 is 10.4 Å². The number of aliphatic carboxylic acids is 1. The van der Waals surface area contributed by atoms with Crippen molar-refractivity contribution in [2.24, 2.45) is 0 Å². The molecular formula is C13H22N2O3S2. The van der Waals surface area contributed by atoms with E-state index in [4.69, 9.17) is 5.11 Å². The number of hydrogen-bond donors (Lipinski definition) is 2. The molecule has 1 saturated heterocycles. The van der Waals surface area contributed by atoms with E-state index >= 15 is 0 Å². The van der Waals surface area contributed by atoms with Gasteiger partial charge in [-0.05, 0) is 19.4 Å². The Bertz CT molecular complexity index is 356. The van der Waals surface area contributed by atoms with Crippen LogP contribution in [0.1, 0.15) is 19.8 Å². The van der Waals surface area contributed by atoms with Crippen LogP contribution in [0.15, 0.2) is 0 Å². The van der Waals surface area contributed by atoms with Crippen molar-refractivity contribution in [1.82, 2.24) is 10.2 Å². The van der Waals surface area contributed by atoms with Crippen molar-refractivity contribution < 1.29 is 14.7 Å². The molecule has 0 aromatic heterocycles. The van der Waals surface area contributed by atoms with Crippen molar-refractivity contribution in [3.05, 3.63) is 0 Å². The molecule has 1 saturated carbocycles. The van der Waals surface area contributed by atoms with Gasteiger partial charge in [-0.2, -0.15) is 11.8 Å². The van der Waals surface area contributed by atoms with Crippen molar-refractivity contribution in [2.45, 2.75) is 37.1 Å². The Morgan fingerprint density at radius 2 is 2.10 bits per heavy atom. The third kappa shape index (κ3) is 4.30. The van der Waals surface area contributed by atoms with Crippen LogP contribution in [-0.2, 0) is 9.59 Å². The standard InChI is InChI=1S/C13H22N2O3S2/c1-2-15(7-12(16)17)10-5-9(6-10)14-13(18)11-8-19-3-4-20-11/h9-11H,2-8H2,1H3,(H,14,18)(H,16,17)/t9?,10?,11-/m0/s1. The second-order valence-corrected chi connectivity index (χ2v) is 7.68. The molecule has 2 rings (SSSR count). The van der Waals surface area contributed by atoms with Crippen LogP contribution in [0.2, 0.25) is 0 Å². The van der Waals surface area contributed by atoms with E-state index in [9.17, 15) is 9.59 Å². The van der Waals surface area contributed by atoms with Gasteiger partial charge in [0.1, 0.15) is 0 Å². The van der Waals surface area contributed by atoms with E-state index in [0.29, 0.717) is 6.04 Å². The number of carboxylic acid groups (broad SMARTS) is 1. The Balaban J connectivity index is 1.70. The molecule has 5 nitrogen and oxygen atoms in total. The Labute approximate surface area is 128 Å². The van der Waals surface area contributed by atoms with Gasteiger partial charge in [0, 0.05) is 29.3 Å². The highest BCUT2D eigenvalue weighted by Gasteiger charge is 2.36. The molecule has 0 spiro atoms. The Morgan fingerprint density at radius 1 is 1.35 bits per heavy atom. The van der Waals surface area contributed by atoms with E-state index in [2.05, 4.69) is 5.32 Å². The fourth-order valence-electron chi connectivity index (χ4n) is 2.61. The first-order chi connectivity index (χ1) is 9.60. The number of likely N-dealkylation sites (N-methyl/N-ethyl adjacent to an activating group) is 1. The first-order valence-corrected chi connectivity index (χ1v) is 9.26. The fourth-order valence-corrected chi connectivity index (χ4v) is 5.18. The number of thioether (sulfide) groups is 2. The topological polar surface area (TPSA) is 69.6 Å². The maximum Gasteiger partial charge on any atom is 0.317 e. The summed E-state index contributed by atoms with van der Waals surface area (Å²) in [5.41, 5.74) is 0. The van der Waals surface area contributed by atoms with Gasteiger partial charge in [-0.3, -0.25) is 14.5 Å². The largest absolute Gasteiger partial charge is 0.480 e. The summed E-state index contributed by atoms with van der Waals surface area (Å²) in [6, 6.07) is 0.526. The molecule has 0 aromatic carbocycles. The summed E-state index contributed by atoms with van der Waals surface area (Å²) >= 11 is 3.59. The quantitative estimate of drug-likeness (QED) is 0.758. The van der Waals surface area contributed by atoms with Gasteiger partial charge in [0.25, 0.3) is 0 Å². The summed E-state index contributed by atoms with van der Waals surface area (Å²) in [7, 11) is 0. The second-order valence-electron chi connectivity index (χ2n) is 5.22. The molecule has 20 heavy (non-hydrogen) atoms. The lowest BCUT2D eigenvalue weighted by Crippen LogP contribution is -2.56. The molecule has 114 valence electrons. The van der Waals surface area contributed by atoms with Gasteiger partial charge in [0.2, 0.25) is 5.91 Å². The van der Waals surface area contributed by atoms with Gasteiger partial charge in [-0.15, -0.1) is 11.8 Å². The Hall–Kier alpha value is -0.400. The highest BCUT2D eigenvalue weighted by molar-refractivity contribution is 8.07. The lowest BCUT2D eigenvalue weighted by Gasteiger charge is -2.42. The lowest BCUT2D eigenvalue weighted by atomic mass is 9.85. The van der Waals surface area contributed by atoms with E-state index in [1.165, 1.54) is 0 Å². The van der Waals surface area contributed by atoms with Crippen molar-refractivity contribution >= 4 is 35.4 Å². The number of hydrogen-bond acceptors (Lipinski definition) is 5. The molecule has 0 aromatic rings. The first-order valence-electron chi connectivity index (χ1n) is 7.05. The number of nitrogens with one attached hydrogen (secondary N) is 1. The van der Waals surface area contributed by atoms with E-state index in [-0.39, 0.29) is 23.7 Å². The molecule has 1 atom stereocenters. The van der Waals surface area contributed by atoms with Crippen LogP contribution in [0.3, 0.4) is 0 Å². The van der Waals surface area contributed by atoms with Gasteiger partial charge in [0.05, 0.1) is 11.8 Å². The zero-order valence-electron chi connectivity index (χ0n) is 11.7. The minimum Gasteiger partial charge on any atom is -0.480 e. The molecule has 0 radical (unpaired) electrons. The summed E-state index contributed by atoms with van der Waals surface area (Å²) in [4.78, 5) is 24.8. The minimum atomic E-state index is -0.782. The van der Waals surface area contributed by atoms with Crippen LogP contribution in [0, 0.1) is 0 Å². The number of carbonyl (C=O) groups excluding carboxylic acids is 1. The van der Waals surface area contributed by atoms with E-state index in [0.717, 1.165) is 36.6 Å². The third-order valence-corrected chi connectivity index (χ3v) is 6.58. The average Bonchev–Trinajstić information content (AvgIpc) is 2.40. The number of carboxylic acids is 1. The number of nitrogens with zero attached hydrogens (tertiary/aromatic N) is 1. The number of carbonyl (C=O) groups is 2. The predicted molar refractivity (Wildman–Crippen MR) is 83.4 cm³/mol. The van der Waals surface area contributed by atoms with Crippen LogP contribution in [-0.4, -0.2) is 69.6 Å². The first kappa shape index (κ1) is 16.0. The second kappa shape index (κ2) is 7.56. The predicted octanol–water partition coefficient (Wildman–Crippen LogP) is 0.889. The maximum absolute atomic E-state index is 12.1. The maximum atomic E-state index is 12.1. The number of rotatable bonds is 6. The SMILES string of the molecule is CCN(CC(=O)O)C1CC(NC(=O)[C@@H]2CSCCS2)C1. The fraction of sp³-hybridized carbons (Fsp3) is 0.846. The lowest BCUT2D eigenvalue weighted by molar-refractivity contribution is -0.139. The summed E-state index contributed by atoms with van der Waals surface area (Å²) in [6.45, 7) is 2.81.